The van der Waals surface area contributed by atoms with E-state index in [1.165, 1.54) is 0 Å². The lowest BCUT2D eigenvalue weighted by molar-refractivity contribution is 0.462. The minimum Gasteiger partial charge on any atom is -0.508 e. The molecule has 0 spiro atoms. The molecule has 0 bridgehead atoms. The van der Waals surface area contributed by atoms with Crippen LogP contribution in [0.5, 0.6) is 11.5 Å². The molecule has 4 aromatic carbocycles. The first-order valence-corrected chi connectivity index (χ1v) is 13.4. The predicted molar refractivity (Wildman–Crippen MR) is 157 cm³/mol. The smallest absolute Gasteiger partial charge is 0.122 e. The minimum absolute atomic E-state index is 0.330. The Kier molecular flexibility index (Phi) is 6.92. The van der Waals surface area contributed by atoms with Crippen LogP contribution < -0.4 is 0 Å². The van der Waals surface area contributed by atoms with Gasteiger partial charge in [0.1, 0.15) is 11.5 Å². The topological polar surface area (TPSA) is 66.2 Å². The van der Waals surface area contributed by atoms with E-state index in [-0.39, 0.29) is 0 Å². The maximum Gasteiger partial charge on any atom is 0.122 e. The molecule has 39 heavy (non-hydrogen) atoms. The van der Waals surface area contributed by atoms with E-state index in [2.05, 4.69) is 48.5 Å². The molecule has 0 aliphatic rings. The van der Waals surface area contributed by atoms with Crippen LogP contribution in [0.4, 0.5) is 0 Å². The van der Waals surface area contributed by atoms with Gasteiger partial charge in [-0.05, 0) is 78.3 Å². The molecule has 0 aliphatic heterocycles. The zero-order chi connectivity index (χ0) is 26.6. The molecule has 0 saturated heterocycles. The van der Waals surface area contributed by atoms with Crippen LogP contribution in [0.2, 0.25) is 0 Å². The highest BCUT2D eigenvalue weighted by Crippen LogP contribution is 2.28. The largest absolute Gasteiger partial charge is 0.508 e. The lowest BCUT2D eigenvalue weighted by Gasteiger charge is -2.11. The van der Waals surface area contributed by atoms with Gasteiger partial charge < -0.3 is 10.2 Å². The fourth-order valence-electron chi connectivity index (χ4n) is 5.16. The SMILES string of the molecule is Oc1ccccc1CCc1ccc2ccc(Cc3cccc(CCc4ccc5ccccc5n4)c3O)cc2n1. The molecule has 2 N–H and O–H groups in total. The number of fused-ring (bicyclic) bond motifs is 2. The molecule has 0 saturated carbocycles. The molecule has 2 heterocycles. The number of rotatable bonds is 8. The first-order chi connectivity index (χ1) is 19.1. The van der Waals surface area contributed by atoms with Crippen molar-refractivity contribution in [3.8, 4) is 11.5 Å². The molecule has 2 aromatic heterocycles. The molecule has 0 atom stereocenters. The van der Waals surface area contributed by atoms with Crippen molar-refractivity contribution in [2.24, 2.45) is 0 Å². The van der Waals surface area contributed by atoms with E-state index < -0.39 is 0 Å². The van der Waals surface area contributed by atoms with Crippen molar-refractivity contribution in [3.05, 3.63) is 143 Å². The quantitative estimate of drug-likeness (QED) is 0.225. The summed E-state index contributed by atoms with van der Waals surface area (Å²) in [6.07, 6.45) is 3.62. The van der Waals surface area contributed by atoms with Crippen LogP contribution in [-0.4, -0.2) is 20.2 Å². The van der Waals surface area contributed by atoms with E-state index in [4.69, 9.17) is 9.97 Å². The molecule has 192 valence electrons. The van der Waals surface area contributed by atoms with Crippen LogP contribution in [0.15, 0.2) is 109 Å². The molecule has 4 heteroatoms. The number of phenols is 2. The zero-order valence-electron chi connectivity index (χ0n) is 21.7. The summed E-state index contributed by atoms with van der Waals surface area (Å²) >= 11 is 0. The highest BCUT2D eigenvalue weighted by Gasteiger charge is 2.10. The normalized spacial score (nSPS) is 11.3. The molecule has 0 aliphatic carbocycles. The number of para-hydroxylation sites is 3. The second-order valence-electron chi connectivity index (χ2n) is 10.1. The van der Waals surface area contributed by atoms with Crippen molar-refractivity contribution in [3.63, 3.8) is 0 Å². The number of phenolic OH excluding ortho intramolecular Hbond substituents is 2. The molecule has 0 amide bonds. The number of nitrogens with zero attached hydrogens (tertiary/aromatic N) is 2. The van der Waals surface area contributed by atoms with Crippen molar-refractivity contribution in [1.82, 2.24) is 9.97 Å². The summed E-state index contributed by atoms with van der Waals surface area (Å²) < 4.78 is 0. The first-order valence-electron chi connectivity index (χ1n) is 13.4. The monoisotopic (exact) mass is 510 g/mol. The molecule has 0 radical (unpaired) electrons. The Morgan fingerprint density at radius 3 is 1.92 bits per heavy atom. The Balaban J connectivity index is 1.16. The van der Waals surface area contributed by atoms with Crippen LogP contribution in [-0.2, 0) is 32.1 Å². The van der Waals surface area contributed by atoms with Gasteiger partial charge in [-0.25, -0.2) is 0 Å². The van der Waals surface area contributed by atoms with Gasteiger partial charge >= 0.3 is 0 Å². The third kappa shape index (κ3) is 5.60. The molecule has 4 nitrogen and oxygen atoms in total. The number of aromatic nitrogens is 2. The van der Waals surface area contributed by atoms with Gasteiger partial charge in [-0.1, -0.05) is 78.9 Å². The Morgan fingerprint density at radius 2 is 1.10 bits per heavy atom. The van der Waals surface area contributed by atoms with E-state index in [1.54, 1.807) is 6.07 Å². The predicted octanol–water partition coefficient (Wildman–Crippen LogP) is 7.36. The second kappa shape index (κ2) is 11.0. The Bertz CT molecular complexity index is 1780. The summed E-state index contributed by atoms with van der Waals surface area (Å²) in [6.45, 7) is 0. The number of pyridine rings is 2. The van der Waals surface area contributed by atoms with Gasteiger partial charge in [-0.15, -0.1) is 0 Å². The summed E-state index contributed by atoms with van der Waals surface area (Å²) in [4.78, 5) is 9.68. The number of hydrogen-bond acceptors (Lipinski definition) is 4. The highest BCUT2D eigenvalue weighted by atomic mass is 16.3. The number of hydrogen-bond donors (Lipinski definition) is 2. The average Bonchev–Trinajstić information content (AvgIpc) is 2.97. The molecule has 0 unspecified atom stereocenters. The van der Waals surface area contributed by atoms with Crippen LogP contribution in [0.3, 0.4) is 0 Å². The van der Waals surface area contributed by atoms with Crippen molar-refractivity contribution in [1.29, 1.82) is 0 Å². The zero-order valence-corrected chi connectivity index (χ0v) is 21.7. The third-order valence-corrected chi connectivity index (χ3v) is 7.36. The van der Waals surface area contributed by atoms with E-state index in [9.17, 15) is 10.2 Å². The molecule has 6 rings (SSSR count). The van der Waals surface area contributed by atoms with Crippen LogP contribution in [0.1, 0.15) is 33.6 Å². The maximum atomic E-state index is 11.1. The van der Waals surface area contributed by atoms with Crippen LogP contribution in [0.25, 0.3) is 21.8 Å². The Labute approximate surface area is 228 Å². The molecular formula is C35H30N2O2. The lowest BCUT2D eigenvalue weighted by Crippen LogP contribution is -1.98. The highest BCUT2D eigenvalue weighted by molar-refractivity contribution is 5.80. The van der Waals surface area contributed by atoms with Crippen LogP contribution >= 0.6 is 0 Å². The fraction of sp³-hybridized carbons (Fsp3) is 0.143. The van der Waals surface area contributed by atoms with Gasteiger partial charge in [0.25, 0.3) is 0 Å². The standard InChI is InChI=1S/C35H30N2O2/c38-34-11-4-2-7-27(34)16-20-31-19-15-26-13-12-24(23-33(26)37-31)22-29-9-5-8-28(35(29)39)17-21-30-18-14-25-6-1-3-10-32(25)36-30/h1-15,18-19,23,38-39H,16-17,20-22H2. The summed E-state index contributed by atoms with van der Waals surface area (Å²) in [5.74, 6) is 0.693. The Morgan fingerprint density at radius 1 is 0.487 bits per heavy atom. The van der Waals surface area contributed by atoms with Gasteiger partial charge in [0, 0.05) is 28.6 Å². The summed E-state index contributed by atoms with van der Waals surface area (Å²) in [5, 5.41) is 23.4. The summed E-state index contributed by atoms with van der Waals surface area (Å²) in [5.41, 5.74) is 7.85. The number of benzene rings is 4. The van der Waals surface area contributed by atoms with E-state index in [1.807, 2.05) is 54.6 Å². The van der Waals surface area contributed by atoms with Crippen LogP contribution in [0, 0.1) is 0 Å². The first kappa shape index (κ1) is 24.6. The number of aromatic hydroxyl groups is 2. The lowest BCUT2D eigenvalue weighted by atomic mass is 9.97. The number of aryl methyl sites for hydroxylation is 4. The van der Waals surface area contributed by atoms with Gasteiger partial charge in [0.2, 0.25) is 0 Å². The van der Waals surface area contributed by atoms with E-state index >= 15 is 0 Å². The van der Waals surface area contributed by atoms with E-state index in [0.717, 1.165) is 81.1 Å². The van der Waals surface area contributed by atoms with Gasteiger partial charge in [-0.2, -0.15) is 0 Å². The van der Waals surface area contributed by atoms with Crippen molar-refractivity contribution in [2.45, 2.75) is 32.1 Å². The molecule has 0 fully saturated rings. The van der Waals surface area contributed by atoms with Crippen molar-refractivity contribution in [2.75, 3.05) is 0 Å². The van der Waals surface area contributed by atoms with Gasteiger partial charge in [0.05, 0.1) is 11.0 Å². The second-order valence-corrected chi connectivity index (χ2v) is 10.1. The van der Waals surface area contributed by atoms with E-state index in [0.29, 0.717) is 17.9 Å². The van der Waals surface area contributed by atoms with Crippen molar-refractivity contribution >= 4 is 21.8 Å². The summed E-state index contributed by atoms with van der Waals surface area (Å²) in [6, 6.07) is 36.3. The van der Waals surface area contributed by atoms with Crippen molar-refractivity contribution < 1.29 is 10.2 Å². The maximum absolute atomic E-state index is 11.1. The third-order valence-electron chi connectivity index (χ3n) is 7.36. The Hall–Kier alpha value is -4.70. The fourth-order valence-corrected chi connectivity index (χ4v) is 5.16. The average molecular weight is 511 g/mol. The minimum atomic E-state index is 0.330. The molecular weight excluding hydrogens is 480 g/mol. The molecule has 6 aromatic rings. The van der Waals surface area contributed by atoms with Gasteiger partial charge in [0.15, 0.2) is 0 Å². The van der Waals surface area contributed by atoms with Gasteiger partial charge in [-0.3, -0.25) is 9.97 Å². The summed E-state index contributed by atoms with van der Waals surface area (Å²) in [7, 11) is 0.